The molecule has 2 fully saturated rings. The number of aryl methyl sites for hydroxylation is 1. The first-order valence-electron chi connectivity index (χ1n) is 9.39. The Balaban J connectivity index is 1.31. The van der Waals surface area contributed by atoms with Crippen LogP contribution in [0.4, 0.5) is 4.79 Å². The molecule has 0 radical (unpaired) electrons. The average Bonchev–Trinajstić information content (AvgIpc) is 3.09. The predicted molar refractivity (Wildman–Crippen MR) is 96.3 cm³/mol. The number of likely N-dealkylation sites (tertiary alicyclic amines) is 1. The zero-order valence-electron chi connectivity index (χ0n) is 15.1. The lowest BCUT2D eigenvalue weighted by Crippen LogP contribution is -2.42. The zero-order valence-corrected chi connectivity index (χ0v) is 15.1. The fourth-order valence-corrected chi connectivity index (χ4v) is 4.75. The van der Waals surface area contributed by atoms with Crippen molar-refractivity contribution in [2.75, 3.05) is 26.7 Å². The molecule has 1 N–H and O–H groups in total. The number of carbonyl (C=O) groups is 2. The fraction of sp³-hybridized carbons (Fsp3) is 0.600. The van der Waals surface area contributed by atoms with Gasteiger partial charge in [-0.3, -0.25) is 4.79 Å². The Bertz CT molecular complexity index is 689. The SMILES string of the molecule is CC(=O)N1CC[C@H](CN(C)C(=O)N[C@@H]2[C@@H]3CCc4ccccc4[C@H]32)C1. The number of hydrogen-bond acceptors (Lipinski definition) is 2. The summed E-state index contributed by atoms with van der Waals surface area (Å²) in [6.07, 6.45) is 3.29. The number of fused-ring (bicyclic) bond motifs is 3. The molecule has 0 aromatic heterocycles. The third kappa shape index (κ3) is 3.12. The van der Waals surface area contributed by atoms with Gasteiger partial charge in [0, 0.05) is 45.6 Å². The van der Waals surface area contributed by atoms with E-state index in [2.05, 4.69) is 29.6 Å². The van der Waals surface area contributed by atoms with Crippen LogP contribution >= 0.6 is 0 Å². The summed E-state index contributed by atoms with van der Waals surface area (Å²) in [5.41, 5.74) is 2.88. The molecule has 0 unspecified atom stereocenters. The van der Waals surface area contributed by atoms with Crippen LogP contribution in [0.3, 0.4) is 0 Å². The van der Waals surface area contributed by atoms with E-state index in [4.69, 9.17) is 0 Å². The van der Waals surface area contributed by atoms with Crippen molar-refractivity contribution in [1.82, 2.24) is 15.1 Å². The van der Waals surface area contributed by atoms with E-state index in [0.717, 1.165) is 25.9 Å². The second kappa shape index (κ2) is 6.36. The quantitative estimate of drug-likeness (QED) is 0.916. The Morgan fingerprint density at radius 1 is 1.28 bits per heavy atom. The number of benzene rings is 1. The normalized spacial score (nSPS) is 29.6. The van der Waals surface area contributed by atoms with E-state index in [1.165, 1.54) is 17.5 Å². The van der Waals surface area contributed by atoms with Crippen LogP contribution in [0.15, 0.2) is 24.3 Å². The summed E-state index contributed by atoms with van der Waals surface area (Å²) in [4.78, 5) is 27.7. The molecule has 1 heterocycles. The molecule has 5 nitrogen and oxygen atoms in total. The molecule has 3 amide bonds. The number of urea groups is 1. The molecule has 1 saturated carbocycles. The first-order chi connectivity index (χ1) is 12.0. The molecule has 0 spiro atoms. The molecule has 4 atom stereocenters. The Labute approximate surface area is 149 Å². The van der Waals surface area contributed by atoms with E-state index in [1.807, 2.05) is 11.9 Å². The van der Waals surface area contributed by atoms with Crippen molar-refractivity contribution >= 4 is 11.9 Å². The first kappa shape index (κ1) is 16.4. The molecule has 2 aliphatic carbocycles. The van der Waals surface area contributed by atoms with E-state index in [0.29, 0.717) is 24.3 Å². The minimum atomic E-state index is 0.0261. The van der Waals surface area contributed by atoms with Crippen molar-refractivity contribution in [3.05, 3.63) is 35.4 Å². The van der Waals surface area contributed by atoms with Crippen LogP contribution in [0.2, 0.25) is 0 Å². The smallest absolute Gasteiger partial charge is 0.317 e. The fourth-order valence-electron chi connectivity index (χ4n) is 4.75. The molecule has 1 aromatic carbocycles. The lowest BCUT2D eigenvalue weighted by molar-refractivity contribution is -0.127. The summed E-state index contributed by atoms with van der Waals surface area (Å²) in [7, 11) is 1.87. The highest BCUT2D eigenvalue weighted by Gasteiger charge is 2.54. The minimum Gasteiger partial charge on any atom is -0.343 e. The van der Waals surface area contributed by atoms with Crippen LogP contribution in [-0.4, -0.2) is 54.5 Å². The van der Waals surface area contributed by atoms with Crippen LogP contribution in [0.25, 0.3) is 0 Å². The molecule has 0 bridgehead atoms. The summed E-state index contributed by atoms with van der Waals surface area (Å²) in [6, 6.07) is 8.96. The summed E-state index contributed by atoms with van der Waals surface area (Å²) >= 11 is 0. The topological polar surface area (TPSA) is 52.7 Å². The van der Waals surface area contributed by atoms with Gasteiger partial charge in [-0.25, -0.2) is 4.79 Å². The van der Waals surface area contributed by atoms with Crippen molar-refractivity contribution in [1.29, 1.82) is 0 Å². The highest BCUT2D eigenvalue weighted by molar-refractivity contribution is 5.75. The number of nitrogens with zero attached hydrogens (tertiary/aromatic N) is 2. The Morgan fingerprint density at radius 2 is 2.08 bits per heavy atom. The lowest BCUT2D eigenvalue weighted by Gasteiger charge is -2.22. The molecule has 25 heavy (non-hydrogen) atoms. The highest BCUT2D eigenvalue weighted by atomic mass is 16.2. The first-order valence-corrected chi connectivity index (χ1v) is 9.39. The predicted octanol–water partition coefficient (Wildman–Crippen LogP) is 2.22. The molecular weight excluding hydrogens is 314 g/mol. The maximum atomic E-state index is 12.6. The maximum absolute atomic E-state index is 12.6. The standard InChI is InChI=1S/C20H27N3O2/c1-13(24)23-10-9-14(12-23)11-22(2)20(25)21-19-17-8-7-15-5-3-4-6-16(15)18(17)19/h3-6,14,17-19H,7-12H2,1-2H3,(H,21,25)/t14-,17-,18-,19-/m1/s1. The van der Waals surface area contributed by atoms with Gasteiger partial charge in [0.05, 0.1) is 0 Å². The van der Waals surface area contributed by atoms with Gasteiger partial charge in [-0.05, 0) is 42.2 Å². The molecular formula is C20H27N3O2. The van der Waals surface area contributed by atoms with Crippen LogP contribution in [-0.2, 0) is 11.2 Å². The van der Waals surface area contributed by atoms with Gasteiger partial charge in [0.1, 0.15) is 0 Å². The van der Waals surface area contributed by atoms with E-state index < -0.39 is 0 Å². The zero-order chi connectivity index (χ0) is 17.6. The van der Waals surface area contributed by atoms with Gasteiger partial charge in [0.2, 0.25) is 5.91 Å². The summed E-state index contributed by atoms with van der Waals surface area (Å²) in [5.74, 6) is 1.63. The van der Waals surface area contributed by atoms with E-state index >= 15 is 0 Å². The molecule has 5 heteroatoms. The van der Waals surface area contributed by atoms with Crippen molar-refractivity contribution < 1.29 is 9.59 Å². The molecule has 1 aliphatic heterocycles. The van der Waals surface area contributed by atoms with Gasteiger partial charge >= 0.3 is 6.03 Å². The van der Waals surface area contributed by atoms with Crippen molar-refractivity contribution in [2.24, 2.45) is 11.8 Å². The Hall–Kier alpha value is -2.04. The lowest BCUT2D eigenvalue weighted by atomic mass is 9.92. The van der Waals surface area contributed by atoms with E-state index in [-0.39, 0.29) is 18.0 Å². The van der Waals surface area contributed by atoms with Crippen LogP contribution in [0, 0.1) is 11.8 Å². The van der Waals surface area contributed by atoms with Crippen molar-refractivity contribution in [2.45, 2.75) is 38.1 Å². The van der Waals surface area contributed by atoms with Crippen LogP contribution in [0.5, 0.6) is 0 Å². The summed E-state index contributed by atoms with van der Waals surface area (Å²) in [6.45, 7) is 3.92. The Morgan fingerprint density at radius 3 is 2.84 bits per heavy atom. The van der Waals surface area contributed by atoms with Crippen molar-refractivity contribution in [3.8, 4) is 0 Å². The monoisotopic (exact) mass is 341 g/mol. The molecule has 1 saturated heterocycles. The minimum absolute atomic E-state index is 0.0261. The van der Waals surface area contributed by atoms with Crippen molar-refractivity contribution in [3.63, 3.8) is 0 Å². The van der Waals surface area contributed by atoms with Gasteiger partial charge in [0.25, 0.3) is 0 Å². The molecule has 3 aliphatic rings. The number of rotatable bonds is 3. The number of amides is 3. The molecule has 134 valence electrons. The average molecular weight is 341 g/mol. The number of carbonyl (C=O) groups excluding carboxylic acids is 2. The van der Waals surface area contributed by atoms with Gasteiger partial charge in [-0.15, -0.1) is 0 Å². The van der Waals surface area contributed by atoms with Gasteiger partial charge in [0.15, 0.2) is 0 Å². The third-order valence-electron chi connectivity index (χ3n) is 6.23. The maximum Gasteiger partial charge on any atom is 0.317 e. The van der Waals surface area contributed by atoms with Crippen LogP contribution < -0.4 is 5.32 Å². The third-order valence-corrected chi connectivity index (χ3v) is 6.23. The summed E-state index contributed by atoms with van der Waals surface area (Å²) < 4.78 is 0. The number of nitrogens with one attached hydrogen (secondary N) is 1. The van der Waals surface area contributed by atoms with E-state index in [1.54, 1.807) is 11.8 Å². The second-order valence-electron chi connectivity index (χ2n) is 7.90. The second-order valence-corrected chi connectivity index (χ2v) is 7.90. The van der Waals surface area contributed by atoms with Gasteiger partial charge in [-0.1, -0.05) is 24.3 Å². The summed E-state index contributed by atoms with van der Waals surface area (Å²) in [5, 5.41) is 3.25. The van der Waals surface area contributed by atoms with E-state index in [9.17, 15) is 9.59 Å². The highest BCUT2D eigenvalue weighted by Crippen LogP contribution is 2.54. The largest absolute Gasteiger partial charge is 0.343 e. The van der Waals surface area contributed by atoms with Crippen LogP contribution in [0.1, 0.15) is 36.8 Å². The van der Waals surface area contributed by atoms with Gasteiger partial charge < -0.3 is 15.1 Å². The number of hydrogen-bond donors (Lipinski definition) is 1. The van der Waals surface area contributed by atoms with Gasteiger partial charge in [-0.2, -0.15) is 0 Å². The molecule has 4 rings (SSSR count). The Kier molecular flexibility index (Phi) is 4.18. The molecule has 1 aromatic rings.